The van der Waals surface area contributed by atoms with Gasteiger partial charge in [-0.05, 0) is 24.8 Å². The van der Waals surface area contributed by atoms with Crippen LogP contribution in [0.5, 0.6) is 0 Å². The molecule has 5 heteroatoms. The molecule has 0 spiro atoms. The highest BCUT2D eigenvalue weighted by atomic mass is 16.4. The van der Waals surface area contributed by atoms with E-state index < -0.39 is 11.4 Å². The van der Waals surface area contributed by atoms with Gasteiger partial charge in [0, 0.05) is 24.9 Å². The van der Waals surface area contributed by atoms with Crippen LogP contribution in [0.1, 0.15) is 67.8 Å². The van der Waals surface area contributed by atoms with Crippen LogP contribution < -0.4 is 5.32 Å². The van der Waals surface area contributed by atoms with Crippen LogP contribution in [0.15, 0.2) is 24.3 Å². The van der Waals surface area contributed by atoms with Crippen LogP contribution in [0, 0.1) is 5.41 Å². The first-order chi connectivity index (χ1) is 12.0. The fraction of sp³-hybridized carbons (Fsp3) is 0.550. The molecule has 0 atom stereocenters. The number of aryl methyl sites for hydroxylation is 1. The van der Waals surface area contributed by atoms with Crippen molar-refractivity contribution in [2.45, 2.75) is 58.3 Å². The number of amides is 1. The number of Topliss-reactive ketones (excluding diaryl/α,β-unsaturated/α-hetero) is 1. The second-order valence-electron chi connectivity index (χ2n) is 6.90. The molecule has 1 saturated carbocycles. The molecule has 1 amide bonds. The van der Waals surface area contributed by atoms with E-state index >= 15 is 0 Å². The molecule has 0 aromatic heterocycles. The first-order valence-electron chi connectivity index (χ1n) is 9.09. The lowest BCUT2D eigenvalue weighted by Gasteiger charge is -2.33. The average molecular weight is 345 g/mol. The first-order valence-corrected chi connectivity index (χ1v) is 9.09. The highest BCUT2D eigenvalue weighted by Crippen LogP contribution is 2.36. The molecule has 1 aromatic rings. The Morgan fingerprint density at radius 2 is 1.68 bits per heavy atom. The average Bonchev–Trinajstić information content (AvgIpc) is 2.65. The van der Waals surface area contributed by atoms with Gasteiger partial charge in [0.25, 0.3) is 0 Å². The number of hydrogen-bond donors (Lipinski definition) is 2. The van der Waals surface area contributed by atoms with Crippen LogP contribution in [0.25, 0.3) is 0 Å². The van der Waals surface area contributed by atoms with Gasteiger partial charge in [0.15, 0.2) is 5.78 Å². The minimum atomic E-state index is -0.839. The topological polar surface area (TPSA) is 83.5 Å². The molecule has 1 fully saturated rings. The molecule has 25 heavy (non-hydrogen) atoms. The van der Waals surface area contributed by atoms with Crippen molar-refractivity contribution in [2.75, 3.05) is 6.54 Å². The molecule has 1 aromatic carbocycles. The minimum Gasteiger partial charge on any atom is -0.481 e. The molecule has 0 aliphatic heterocycles. The fourth-order valence-electron chi connectivity index (χ4n) is 3.35. The molecule has 136 valence electrons. The third-order valence-electron chi connectivity index (χ3n) is 5.15. The number of hydrogen-bond acceptors (Lipinski definition) is 3. The van der Waals surface area contributed by atoms with Crippen LogP contribution in [0.4, 0.5) is 0 Å². The first kappa shape index (κ1) is 19.2. The summed E-state index contributed by atoms with van der Waals surface area (Å²) < 4.78 is 0. The maximum absolute atomic E-state index is 12.2. The second kappa shape index (κ2) is 8.79. The summed E-state index contributed by atoms with van der Waals surface area (Å²) in [5.41, 5.74) is 0.938. The van der Waals surface area contributed by atoms with Gasteiger partial charge in [0.05, 0.1) is 5.41 Å². The van der Waals surface area contributed by atoms with E-state index in [2.05, 4.69) is 12.2 Å². The number of carboxylic acid groups (broad SMARTS) is 1. The highest BCUT2D eigenvalue weighted by Gasteiger charge is 2.39. The Balaban J connectivity index is 1.81. The zero-order valence-corrected chi connectivity index (χ0v) is 14.8. The number of nitrogens with one attached hydrogen (secondary N) is 1. The van der Waals surface area contributed by atoms with Gasteiger partial charge in [-0.1, -0.05) is 50.5 Å². The molecule has 5 nitrogen and oxygen atoms in total. The standard InChI is InChI=1S/C20H27NO4/c1-2-15-6-8-16(9-7-15)17(22)10-11-18(23)21-14-20(19(24)25)12-4-3-5-13-20/h6-9H,2-5,10-14H2,1H3,(H,21,23)(H,24,25). The molecule has 1 aliphatic carbocycles. The third kappa shape index (κ3) is 5.15. The van der Waals surface area contributed by atoms with Crippen LogP contribution in [0.2, 0.25) is 0 Å². The molecule has 0 radical (unpaired) electrons. The lowest BCUT2D eigenvalue weighted by molar-refractivity contribution is -0.151. The Bertz CT molecular complexity index is 615. The number of aliphatic carboxylic acids is 1. The second-order valence-corrected chi connectivity index (χ2v) is 6.90. The van der Waals surface area contributed by atoms with E-state index in [4.69, 9.17) is 0 Å². The zero-order chi connectivity index (χ0) is 18.3. The van der Waals surface area contributed by atoms with Crippen molar-refractivity contribution in [1.82, 2.24) is 5.32 Å². The summed E-state index contributed by atoms with van der Waals surface area (Å²) in [5.74, 6) is -1.16. The van der Waals surface area contributed by atoms with Gasteiger partial charge in [-0.3, -0.25) is 14.4 Å². The summed E-state index contributed by atoms with van der Waals surface area (Å²) in [6.45, 7) is 2.21. The van der Waals surface area contributed by atoms with Crippen molar-refractivity contribution >= 4 is 17.7 Å². The molecule has 2 rings (SSSR count). The lowest BCUT2D eigenvalue weighted by Crippen LogP contribution is -2.44. The quantitative estimate of drug-likeness (QED) is 0.708. The molecule has 0 heterocycles. The van der Waals surface area contributed by atoms with Crippen molar-refractivity contribution in [1.29, 1.82) is 0 Å². The van der Waals surface area contributed by atoms with E-state index in [0.717, 1.165) is 25.7 Å². The van der Waals surface area contributed by atoms with Crippen molar-refractivity contribution in [2.24, 2.45) is 5.41 Å². The van der Waals surface area contributed by atoms with E-state index in [1.165, 1.54) is 5.56 Å². The Morgan fingerprint density at radius 3 is 2.24 bits per heavy atom. The maximum Gasteiger partial charge on any atom is 0.311 e. The Kier molecular flexibility index (Phi) is 6.73. The molecule has 0 saturated heterocycles. The van der Waals surface area contributed by atoms with Crippen LogP contribution in [-0.4, -0.2) is 29.3 Å². The predicted molar refractivity (Wildman–Crippen MR) is 95.5 cm³/mol. The normalized spacial score (nSPS) is 16.2. The van der Waals surface area contributed by atoms with Crippen molar-refractivity contribution < 1.29 is 19.5 Å². The van der Waals surface area contributed by atoms with Gasteiger partial charge < -0.3 is 10.4 Å². The van der Waals surface area contributed by atoms with E-state index in [-0.39, 0.29) is 31.1 Å². The summed E-state index contributed by atoms with van der Waals surface area (Å²) in [7, 11) is 0. The summed E-state index contributed by atoms with van der Waals surface area (Å²) in [6.07, 6.45) is 5.16. The number of rotatable bonds is 8. The third-order valence-corrected chi connectivity index (χ3v) is 5.15. The maximum atomic E-state index is 12.2. The van der Waals surface area contributed by atoms with Crippen LogP contribution in [0.3, 0.4) is 0 Å². The Labute approximate surface area is 148 Å². The summed E-state index contributed by atoms with van der Waals surface area (Å²) in [6, 6.07) is 7.43. The van der Waals surface area contributed by atoms with E-state index in [1.807, 2.05) is 12.1 Å². The summed E-state index contributed by atoms with van der Waals surface area (Å²) >= 11 is 0. The van der Waals surface area contributed by atoms with Gasteiger partial charge in [0.2, 0.25) is 5.91 Å². The number of carboxylic acids is 1. The Hall–Kier alpha value is -2.17. The van der Waals surface area contributed by atoms with Crippen LogP contribution >= 0.6 is 0 Å². The van der Waals surface area contributed by atoms with Crippen molar-refractivity contribution in [3.63, 3.8) is 0 Å². The van der Waals surface area contributed by atoms with E-state index in [1.54, 1.807) is 12.1 Å². The van der Waals surface area contributed by atoms with Crippen LogP contribution in [-0.2, 0) is 16.0 Å². The van der Waals surface area contributed by atoms with Gasteiger partial charge in [-0.2, -0.15) is 0 Å². The largest absolute Gasteiger partial charge is 0.481 e. The fourth-order valence-corrected chi connectivity index (χ4v) is 3.35. The minimum absolute atomic E-state index is 0.0663. The van der Waals surface area contributed by atoms with Gasteiger partial charge in [-0.25, -0.2) is 0 Å². The number of carbonyl (C=O) groups is 3. The summed E-state index contributed by atoms with van der Waals surface area (Å²) in [4.78, 5) is 35.8. The van der Waals surface area contributed by atoms with E-state index in [0.29, 0.717) is 18.4 Å². The molecule has 0 bridgehead atoms. The predicted octanol–water partition coefficient (Wildman–Crippen LogP) is 3.36. The van der Waals surface area contributed by atoms with Gasteiger partial charge >= 0.3 is 5.97 Å². The number of ketones is 1. The molecular formula is C20H27NO4. The lowest BCUT2D eigenvalue weighted by atomic mass is 9.74. The molecular weight excluding hydrogens is 318 g/mol. The molecule has 1 aliphatic rings. The zero-order valence-electron chi connectivity index (χ0n) is 14.8. The molecule has 2 N–H and O–H groups in total. The SMILES string of the molecule is CCc1ccc(C(=O)CCC(=O)NCC2(C(=O)O)CCCCC2)cc1. The molecule has 0 unspecified atom stereocenters. The highest BCUT2D eigenvalue weighted by molar-refractivity contribution is 5.98. The van der Waals surface area contributed by atoms with Gasteiger partial charge in [-0.15, -0.1) is 0 Å². The summed E-state index contributed by atoms with van der Waals surface area (Å²) in [5, 5.41) is 12.2. The van der Waals surface area contributed by atoms with E-state index in [9.17, 15) is 19.5 Å². The van der Waals surface area contributed by atoms with Crippen molar-refractivity contribution in [3.05, 3.63) is 35.4 Å². The monoisotopic (exact) mass is 345 g/mol. The van der Waals surface area contributed by atoms with Crippen molar-refractivity contribution in [3.8, 4) is 0 Å². The Morgan fingerprint density at radius 1 is 1.04 bits per heavy atom. The smallest absolute Gasteiger partial charge is 0.311 e. The number of carbonyl (C=O) groups excluding carboxylic acids is 2. The number of benzene rings is 1. The van der Waals surface area contributed by atoms with Gasteiger partial charge in [0.1, 0.15) is 0 Å².